The summed E-state index contributed by atoms with van der Waals surface area (Å²) in [6.07, 6.45) is 1.44. The number of aromatic nitrogens is 1. The fourth-order valence-electron chi connectivity index (χ4n) is 1.41. The highest BCUT2D eigenvalue weighted by Gasteiger charge is 2.18. The first-order valence-corrected chi connectivity index (χ1v) is 7.42. The summed E-state index contributed by atoms with van der Waals surface area (Å²) in [5.41, 5.74) is 0.876. The van der Waals surface area contributed by atoms with E-state index < -0.39 is 9.05 Å². The summed E-state index contributed by atoms with van der Waals surface area (Å²) in [7, 11) is 1.44. The van der Waals surface area contributed by atoms with Gasteiger partial charge in [-0.3, -0.25) is 0 Å². The van der Waals surface area contributed by atoms with Gasteiger partial charge in [-0.05, 0) is 30.7 Å². The molecule has 6 heteroatoms. The standard InChI is InChI=1S/C12H10ClNO3S/c1-9-5-2-3-6-10(9)17-12-11(18(13,15)16)7-4-8-14-12/h2-8H,1H3. The van der Waals surface area contributed by atoms with Crippen molar-refractivity contribution in [2.24, 2.45) is 0 Å². The molecule has 0 aliphatic heterocycles. The Kier molecular flexibility index (Phi) is 3.54. The largest absolute Gasteiger partial charge is 0.437 e. The van der Waals surface area contributed by atoms with Crippen LogP contribution in [0.15, 0.2) is 47.5 Å². The summed E-state index contributed by atoms with van der Waals surface area (Å²) >= 11 is 0. The predicted molar refractivity (Wildman–Crippen MR) is 68.5 cm³/mol. The molecule has 0 saturated heterocycles. The number of hydrogen-bond acceptors (Lipinski definition) is 4. The molecule has 1 heterocycles. The molecule has 2 rings (SSSR count). The van der Waals surface area contributed by atoms with Crippen molar-refractivity contribution < 1.29 is 13.2 Å². The molecular formula is C12H10ClNO3S. The number of rotatable bonds is 3. The quantitative estimate of drug-likeness (QED) is 0.812. The normalized spacial score (nSPS) is 11.2. The minimum Gasteiger partial charge on any atom is -0.437 e. The second-order valence-electron chi connectivity index (χ2n) is 3.61. The number of aryl methyl sites for hydroxylation is 1. The molecular weight excluding hydrogens is 274 g/mol. The zero-order valence-electron chi connectivity index (χ0n) is 9.50. The second-order valence-corrected chi connectivity index (χ2v) is 6.15. The zero-order chi connectivity index (χ0) is 13.2. The van der Waals surface area contributed by atoms with E-state index in [9.17, 15) is 8.42 Å². The first-order chi connectivity index (χ1) is 8.48. The Bertz CT molecular complexity index is 671. The van der Waals surface area contributed by atoms with Gasteiger partial charge in [-0.2, -0.15) is 0 Å². The van der Waals surface area contributed by atoms with Gasteiger partial charge in [-0.1, -0.05) is 18.2 Å². The third-order valence-electron chi connectivity index (χ3n) is 2.30. The van der Waals surface area contributed by atoms with Gasteiger partial charge in [0.15, 0.2) is 0 Å². The van der Waals surface area contributed by atoms with Crippen LogP contribution in [-0.2, 0) is 9.05 Å². The minimum atomic E-state index is -3.88. The van der Waals surface area contributed by atoms with Crippen LogP contribution in [0, 0.1) is 6.92 Å². The molecule has 0 N–H and O–H groups in total. The molecule has 0 spiro atoms. The molecule has 18 heavy (non-hydrogen) atoms. The van der Waals surface area contributed by atoms with Gasteiger partial charge in [0.1, 0.15) is 10.6 Å². The van der Waals surface area contributed by atoms with Gasteiger partial charge in [-0.25, -0.2) is 13.4 Å². The topological polar surface area (TPSA) is 56.3 Å². The Labute approximate surface area is 110 Å². The lowest BCUT2D eigenvalue weighted by Gasteiger charge is -2.09. The molecule has 0 amide bonds. The Hall–Kier alpha value is -1.59. The average molecular weight is 284 g/mol. The Balaban J connectivity index is 2.45. The zero-order valence-corrected chi connectivity index (χ0v) is 11.1. The molecule has 0 aliphatic rings. The van der Waals surface area contributed by atoms with E-state index in [4.69, 9.17) is 15.4 Å². The molecule has 0 unspecified atom stereocenters. The van der Waals surface area contributed by atoms with Crippen molar-refractivity contribution >= 4 is 19.7 Å². The van der Waals surface area contributed by atoms with Gasteiger partial charge in [0, 0.05) is 16.9 Å². The van der Waals surface area contributed by atoms with Crippen molar-refractivity contribution in [2.75, 3.05) is 0 Å². The number of ether oxygens (including phenoxy) is 1. The molecule has 0 saturated carbocycles. The maximum Gasteiger partial charge on any atom is 0.266 e. The van der Waals surface area contributed by atoms with E-state index in [1.54, 1.807) is 12.1 Å². The van der Waals surface area contributed by atoms with E-state index in [0.717, 1.165) is 5.56 Å². The highest BCUT2D eigenvalue weighted by Crippen LogP contribution is 2.29. The highest BCUT2D eigenvalue weighted by molar-refractivity contribution is 8.13. The summed E-state index contributed by atoms with van der Waals surface area (Å²) < 4.78 is 28.2. The van der Waals surface area contributed by atoms with Gasteiger partial charge < -0.3 is 4.74 Å². The number of pyridine rings is 1. The lowest BCUT2D eigenvalue weighted by Crippen LogP contribution is -1.98. The van der Waals surface area contributed by atoms with Crippen LogP contribution in [0.3, 0.4) is 0 Å². The van der Waals surface area contributed by atoms with Crippen molar-refractivity contribution in [2.45, 2.75) is 11.8 Å². The van der Waals surface area contributed by atoms with Gasteiger partial charge >= 0.3 is 0 Å². The molecule has 2 aromatic rings. The summed E-state index contributed by atoms with van der Waals surface area (Å²) in [4.78, 5) is 3.75. The highest BCUT2D eigenvalue weighted by atomic mass is 35.7. The second kappa shape index (κ2) is 4.96. The molecule has 1 aromatic heterocycles. The molecule has 0 fully saturated rings. The van der Waals surface area contributed by atoms with Crippen LogP contribution in [-0.4, -0.2) is 13.4 Å². The molecule has 1 aromatic carbocycles. The van der Waals surface area contributed by atoms with Crippen molar-refractivity contribution in [3.05, 3.63) is 48.2 Å². The summed E-state index contributed by atoms with van der Waals surface area (Å²) in [5.74, 6) is 0.513. The van der Waals surface area contributed by atoms with Crippen LogP contribution in [0.2, 0.25) is 0 Å². The number of para-hydroxylation sites is 1. The Morgan fingerprint density at radius 2 is 1.89 bits per heavy atom. The fourth-order valence-corrected chi connectivity index (χ4v) is 2.31. The van der Waals surface area contributed by atoms with Crippen molar-refractivity contribution in [3.63, 3.8) is 0 Å². The van der Waals surface area contributed by atoms with Crippen LogP contribution >= 0.6 is 10.7 Å². The van der Waals surface area contributed by atoms with Gasteiger partial charge in [0.05, 0.1) is 0 Å². The number of nitrogens with zero attached hydrogens (tertiary/aromatic N) is 1. The molecule has 94 valence electrons. The maximum absolute atomic E-state index is 11.4. The van der Waals surface area contributed by atoms with Crippen molar-refractivity contribution in [1.82, 2.24) is 4.98 Å². The fraction of sp³-hybridized carbons (Fsp3) is 0.0833. The first-order valence-electron chi connectivity index (χ1n) is 5.11. The third kappa shape index (κ3) is 2.80. The van der Waals surface area contributed by atoms with E-state index in [1.165, 1.54) is 18.3 Å². The van der Waals surface area contributed by atoms with Crippen LogP contribution < -0.4 is 4.74 Å². The van der Waals surface area contributed by atoms with Gasteiger partial charge in [0.2, 0.25) is 5.88 Å². The summed E-state index contributed by atoms with van der Waals surface area (Å²) in [6.45, 7) is 1.85. The van der Waals surface area contributed by atoms with Crippen LogP contribution in [0.4, 0.5) is 0 Å². The average Bonchev–Trinajstić information content (AvgIpc) is 2.31. The lowest BCUT2D eigenvalue weighted by molar-refractivity contribution is 0.444. The van der Waals surface area contributed by atoms with Gasteiger partial charge in [0.25, 0.3) is 9.05 Å². The van der Waals surface area contributed by atoms with Gasteiger partial charge in [-0.15, -0.1) is 0 Å². The number of halogens is 1. The molecule has 4 nitrogen and oxygen atoms in total. The van der Waals surface area contributed by atoms with Crippen LogP contribution in [0.5, 0.6) is 11.6 Å². The van der Waals surface area contributed by atoms with E-state index in [0.29, 0.717) is 5.75 Å². The Morgan fingerprint density at radius 1 is 1.17 bits per heavy atom. The summed E-state index contributed by atoms with van der Waals surface area (Å²) in [5, 5.41) is 0. The SMILES string of the molecule is Cc1ccccc1Oc1ncccc1S(=O)(=O)Cl. The molecule has 0 aliphatic carbocycles. The van der Waals surface area contributed by atoms with E-state index in [1.807, 2.05) is 19.1 Å². The predicted octanol–water partition coefficient (Wildman–Crippen LogP) is 3.11. The van der Waals surface area contributed by atoms with E-state index in [2.05, 4.69) is 4.98 Å². The van der Waals surface area contributed by atoms with Crippen molar-refractivity contribution in [1.29, 1.82) is 0 Å². The van der Waals surface area contributed by atoms with E-state index in [-0.39, 0.29) is 10.8 Å². The Morgan fingerprint density at radius 3 is 2.56 bits per heavy atom. The molecule has 0 radical (unpaired) electrons. The van der Waals surface area contributed by atoms with Crippen molar-refractivity contribution in [3.8, 4) is 11.6 Å². The minimum absolute atomic E-state index is 0.0261. The van der Waals surface area contributed by atoms with Crippen LogP contribution in [0.1, 0.15) is 5.56 Å². The number of hydrogen-bond donors (Lipinski definition) is 0. The summed E-state index contributed by atoms with van der Waals surface area (Å²) in [6, 6.07) is 10.1. The third-order valence-corrected chi connectivity index (χ3v) is 3.63. The molecule has 0 atom stereocenters. The maximum atomic E-state index is 11.4. The smallest absolute Gasteiger partial charge is 0.266 e. The number of benzene rings is 1. The monoisotopic (exact) mass is 283 g/mol. The van der Waals surface area contributed by atoms with Crippen LogP contribution in [0.25, 0.3) is 0 Å². The van der Waals surface area contributed by atoms with E-state index >= 15 is 0 Å². The first kappa shape index (κ1) is 12.9. The lowest BCUT2D eigenvalue weighted by atomic mass is 10.2. The molecule has 0 bridgehead atoms.